The number of hydrogen-bond donors (Lipinski definition) is 1. The van der Waals surface area contributed by atoms with Gasteiger partial charge in [-0.25, -0.2) is 0 Å². The quantitative estimate of drug-likeness (QED) is 0.848. The Kier molecular flexibility index (Phi) is 6.24. The van der Waals surface area contributed by atoms with Gasteiger partial charge < -0.3 is 5.32 Å². The van der Waals surface area contributed by atoms with Crippen LogP contribution in [0.1, 0.15) is 33.1 Å². The first-order valence-corrected chi connectivity index (χ1v) is 10.4. The molecule has 7 heteroatoms. The maximum Gasteiger partial charge on any atom is 0.254 e. The van der Waals surface area contributed by atoms with Crippen LogP contribution in [0.2, 0.25) is 5.02 Å². The molecule has 0 aromatic heterocycles. The van der Waals surface area contributed by atoms with Gasteiger partial charge in [-0.3, -0.25) is 19.5 Å². The van der Waals surface area contributed by atoms with Crippen molar-refractivity contribution in [2.45, 2.75) is 39.2 Å². The van der Waals surface area contributed by atoms with Gasteiger partial charge in [0.1, 0.15) is 6.54 Å². The number of amides is 2. The monoisotopic (exact) mass is 393 g/mol. The van der Waals surface area contributed by atoms with Gasteiger partial charge in [-0.15, -0.1) is 0 Å². The zero-order valence-electron chi connectivity index (χ0n) is 15.1. The molecular weight excluding hydrogens is 370 g/mol. The predicted octanol–water partition coefficient (Wildman–Crippen LogP) is 3.72. The maximum atomic E-state index is 12.4. The zero-order chi connectivity index (χ0) is 18.7. The molecule has 0 spiro atoms. The average molecular weight is 394 g/mol. The van der Waals surface area contributed by atoms with Crippen molar-refractivity contribution in [3.8, 4) is 0 Å². The number of nitrogens with one attached hydrogen (secondary N) is 1. The molecule has 3 atom stereocenters. The van der Waals surface area contributed by atoms with Crippen LogP contribution in [0, 0.1) is 11.8 Å². The second-order valence-corrected chi connectivity index (χ2v) is 8.36. The van der Waals surface area contributed by atoms with E-state index in [2.05, 4.69) is 24.2 Å². The van der Waals surface area contributed by atoms with Crippen LogP contribution in [0.15, 0.2) is 29.3 Å². The Labute approximate surface area is 163 Å². The lowest BCUT2D eigenvalue weighted by atomic mass is 9.78. The van der Waals surface area contributed by atoms with Gasteiger partial charge in [-0.1, -0.05) is 62.2 Å². The molecule has 0 radical (unpaired) electrons. The fourth-order valence-corrected chi connectivity index (χ4v) is 4.58. The molecule has 26 heavy (non-hydrogen) atoms. The SMILES string of the molecule is C[C@H]1[C@@H](NC(=O)CSC2=NCC(=O)N2c2ccccc2Cl)CCC[C@@H]1C. The largest absolute Gasteiger partial charge is 0.352 e. The van der Waals surface area contributed by atoms with Crippen molar-refractivity contribution >= 4 is 46.0 Å². The predicted molar refractivity (Wildman–Crippen MR) is 108 cm³/mol. The van der Waals surface area contributed by atoms with E-state index in [4.69, 9.17) is 11.6 Å². The minimum atomic E-state index is -0.129. The molecule has 0 saturated heterocycles. The zero-order valence-corrected chi connectivity index (χ0v) is 16.6. The number of amidine groups is 1. The van der Waals surface area contributed by atoms with Gasteiger partial charge in [0.25, 0.3) is 5.91 Å². The van der Waals surface area contributed by atoms with Crippen LogP contribution >= 0.6 is 23.4 Å². The molecule has 1 aromatic rings. The Morgan fingerprint density at radius 2 is 2.12 bits per heavy atom. The number of para-hydroxylation sites is 1. The maximum absolute atomic E-state index is 12.4. The highest BCUT2D eigenvalue weighted by molar-refractivity contribution is 8.14. The molecule has 1 aliphatic carbocycles. The molecule has 5 nitrogen and oxygen atoms in total. The van der Waals surface area contributed by atoms with Gasteiger partial charge in [0.2, 0.25) is 5.91 Å². The minimum absolute atomic E-state index is 0.0119. The van der Waals surface area contributed by atoms with E-state index in [0.717, 1.165) is 12.8 Å². The van der Waals surface area contributed by atoms with Crippen LogP contribution in [0.4, 0.5) is 5.69 Å². The summed E-state index contributed by atoms with van der Waals surface area (Å²) in [7, 11) is 0. The van der Waals surface area contributed by atoms with Gasteiger partial charge in [0, 0.05) is 6.04 Å². The Balaban J connectivity index is 1.59. The van der Waals surface area contributed by atoms with Crippen molar-refractivity contribution in [1.82, 2.24) is 5.32 Å². The summed E-state index contributed by atoms with van der Waals surface area (Å²) in [6, 6.07) is 7.40. The molecule has 1 fully saturated rings. The van der Waals surface area contributed by atoms with Crippen molar-refractivity contribution in [1.29, 1.82) is 0 Å². The fraction of sp³-hybridized carbons (Fsp3) is 0.526. The summed E-state index contributed by atoms with van der Waals surface area (Å²) in [5, 5.41) is 4.18. The van der Waals surface area contributed by atoms with E-state index in [-0.39, 0.29) is 30.2 Å². The van der Waals surface area contributed by atoms with Gasteiger partial charge in [-0.2, -0.15) is 0 Å². The molecule has 3 rings (SSSR count). The Morgan fingerprint density at radius 1 is 1.35 bits per heavy atom. The van der Waals surface area contributed by atoms with Crippen molar-refractivity contribution in [2.24, 2.45) is 16.8 Å². The van der Waals surface area contributed by atoms with Gasteiger partial charge >= 0.3 is 0 Å². The number of hydrogen-bond acceptors (Lipinski definition) is 4. The molecule has 1 aliphatic heterocycles. The summed E-state index contributed by atoms with van der Waals surface area (Å²) in [6.07, 6.45) is 3.42. The van der Waals surface area contributed by atoms with Gasteiger partial charge in [0.15, 0.2) is 5.17 Å². The third-order valence-corrected chi connectivity index (χ3v) is 6.57. The Bertz CT molecular complexity index is 724. The van der Waals surface area contributed by atoms with E-state index >= 15 is 0 Å². The first-order chi connectivity index (χ1) is 12.5. The van der Waals surface area contributed by atoms with Gasteiger partial charge in [-0.05, 0) is 30.4 Å². The molecule has 1 saturated carbocycles. The molecular formula is C19H24ClN3O2S. The molecule has 140 valence electrons. The Morgan fingerprint density at radius 3 is 2.88 bits per heavy atom. The molecule has 1 heterocycles. The average Bonchev–Trinajstić information content (AvgIpc) is 2.98. The number of rotatable bonds is 4. The Hall–Kier alpha value is -1.53. The number of thioether (sulfide) groups is 1. The smallest absolute Gasteiger partial charge is 0.254 e. The van der Waals surface area contributed by atoms with E-state index in [1.165, 1.54) is 23.1 Å². The third-order valence-electron chi connectivity index (χ3n) is 5.27. The second kappa shape index (κ2) is 8.44. The second-order valence-electron chi connectivity index (χ2n) is 7.01. The lowest BCUT2D eigenvalue weighted by Gasteiger charge is -2.34. The van der Waals surface area contributed by atoms with E-state index in [9.17, 15) is 9.59 Å². The van der Waals surface area contributed by atoms with E-state index in [0.29, 0.717) is 27.7 Å². The van der Waals surface area contributed by atoms with Gasteiger partial charge in [0.05, 0.1) is 16.5 Å². The fourth-order valence-electron chi connectivity index (χ4n) is 3.53. The summed E-state index contributed by atoms with van der Waals surface area (Å²) >= 11 is 7.50. The third kappa shape index (κ3) is 4.23. The van der Waals surface area contributed by atoms with Crippen LogP contribution in [-0.4, -0.2) is 35.3 Å². The normalized spacial score (nSPS) is 26.0. The minimum Gasteiger partial charge on any atom is -0.352 e. The standard InChI is InChI=1S/C19H24ClN3O2S/c1-12-6-5-8-15(13(12)2)22-17(24)11-26-19-21-10-18(25)23(19)16-9-4-3-7-14(16)20/h3-4,7,9,12-13,15H,5-6,8,10-11H2,1-2H3,(H,22,24)/t12-,13+,15-/m0/s1. The number of benzene rings is 1. The summed E-state index contributed by atoms with van der Waals surface area (Å²) in [5.41, 5.74) is 0.609. The summed E-state index contributed by atoms with van der Waals surface area (Å²) in [4.78, 5) is 30.4. The summed E-state index contributed by atoms with van der Waals surface area (Å²) < 4.78 is 0. The van der Waals surface area contributed by atoms with E-state index in [1.54, 1.807) is 12.1 Å². The molecule has 1 N–H and O–H groups in total. The highest BCUT2D eigenvalue weighted by atomic mass is 35.5. The lowest BCUT2D eigenvalue weighted by molar-refractivity contribution is -0.120. The van der Waals surface area contributed by atoms with Crippen molar-refractivity contribution < 1.29 is 9.59 Å². The first-order valence-electron chi connectivity index (χ1n) is 9.01. The summed E-state index contributed by atoms with van der Waals surface area (Å²) in [5.74, 6) is 1.22. The molecule has 2 aliphatic rings. The first kappa shape index (κ1) is 19.2. The van der Waals surface area contributed by atoms with E-state index in [1.807, 2.05) is 12.1 Å². The highest BCUT2D eigenvalue weighted by Crippen LogP contribution is 2.31. The van der Waals surface area contributed by atoms with Crippen molar-refractivity contribution in [3.63, 3.8) is 0 Å². The molecule has 1 aromatic carbocycles. The number of carbonyl (C=O) groups is 2. The molecule has 0 unspecified atom stereocenters. The van der Waals surface area contributed by atoms with Crippen molar-refractivity contribution in [2.75, 3.05) is 17.2 Å². The number of halogens is 1. The topological polar surface area (TPSA) is 61.8 Å². The summed E-state index contributed by atoms with van der Waals surface area (Å²) in [6.45, 7) is 4.55. The lowest BCUT2D eigenvalue weighted by Crippen LogP contribution is -2.44. The van der Waals surface area contributed by atoms with Crippen LogP contribution in [0.25, 0.3) is 0 Å². The molecule has 0 bridgehead atoms. The number of nitrogens with zero attached hydrogens (tertiary/aromatic N) is 2. The van der Waals surface area contributed by atoms with Crippen LogP contribution in [0.3, 0.4) is 0 Å². The number of aliphatic imine (C=N–C) groups is 1. The van der Waals surface area contributed by atoms with Crippen LogP contribution in [-0.2, 0) is 9.59 Å². The molecule has 2 amide bonds. The highest BCUT2D eigenvalue weighted by Gasteiger charge is 2.31. The van der Waals surface area contributed by atoms with Crippen LogP contribution in [0.5, 0.6) is 0 Å². The number of carbonyl (C=O) groups excluding carboxylic acids is 2. The van der Waals surface area contributed by atoms with Crippen molar-refractivity contribution in [3.05, 3.63) is 29.3 Å². The number of anilines is 1. The van der Waals surface area contributed by atoms with E-state index < -0.39 is 0 Å². The van der Waals surface area contributed by atoms with Crippen LogP contribution < -0.4 is 10.2 Å².